The lowest BCUT2D eigenvalue weighted by Gasteiger charge is -2.49. The number of hydrogen-bond donors (Lipinski definition) is 0. The van der Waals surface area contributed by atoms with Gasteiger partial charge in [-0.15, -0.1) is 0 Å². The summed E-state index contributed by atoms with van der Waals surface area (Å²) in [5, 5.41) is 0.195. The van der Waals surface area contributed by atoms with Gasteiger partial charge in [0.2, 0.25) is 0 Å². The standard InChI is InChI=1S/C18H20ClFO3/c1-17(2)15(21)18(8-4-3-5-9-18)14(23-16(17)22)12-7-6-11(20)10-13(12)19/h6-7,10,14H,3-5,8-9H2,1-2H3/t14-/m1/s1. The summed E-state index contributed by atoms with van der Waals surface area (Å²) in [4.78, 5) is 25.5. The Bertz CT molecular complexity index is 662. The number of esters is 1. The van der Waals surface area contributed by atoms with Gasteiger partial charge in [0.25, 0.3) is 0 Å². The van der Waals surface area contributed by atoms with Gasteiger partial charge in [-0.3, -0.25) is 9.59 Å². The molecule has 1 aromatic rings. The van der Waals surface area contributed by atoms with E-state index in [1.807, 2.05) is 0 Å². The molecule has 0 N–H and O–H groups in total. The number of ketones is 1. The highest BCUT2D eigenvalue weighted by Gasteiger charge is 2.60. The van der Waals surface area contributed by atoms with E-state index in [1.54, 1.807) is 13.8 Å². The molecule has 124 valence electrons. The van der Waals surface area contributed by atoms with E-state index < -0.39 is 28.7 Å². The second-order valence-corrected chi connectivity index (χ2v) is 7.53. The monoisotopic (exact) mass is 338 g/mol. The fraction of sp³-hybridized carbons (Fsp3) is 0.556. The van der Waals surface area contributed by atoms with E-state index in [9.17, 15) is 14.0 Å². The van der Waals surface area contributed by atoms with Crippen LogP contribution in [-0.2, 0) is 14.3 Å². The molecule has 0 aromatic heterocycles. The lowest BCUT2D eigenvalue weighted by Crippen LogP contribution is -2.55. The maximum absolute atomic E-state index is 13.4. The highest BCUT2D eigenvalue weighted by Crippen LogP contribution is 2.56. The number of halogens is 2. The van der Waals surface area contributed by atoms with Crippen LogP contribution in [0.15, 0.2) is 18.2 Å². The second-order valence-electron chi connectivity index (χ2n) is 7.12. The summed E-state index contributed by atoms with van der Waals surface area (Å²) in [5.41, 5.74) is -1.38. The number of hydrogen-bond acceptors (Lipinski definition) is 3. The van der Waals surface area contributed by atoms with Crippen LogP contribution in [0.25, 0.3) is 0 Å². The molecular weight excluding hydrogens is 319 g/mol. The number of ether oxygens (including phenoxy) is 1. The molecule has 1 atom stereocenters. The van der Waals surface area contributed by atoms with Crippen LogP contribution in [0.1, 0.15) is 57.6 Å². The van der Waals surface area contributed by atoms with Gasteiger partial charge >= 0.3 is 5.97 Å². The highest BCUT2D eigenvalue weighted by molar-refractivity contribution is 6.31. The van der Waals surface area contributed by atoms with Gasteiger partial charge in [-0.05, 0) is 38.8 Å². The summed E-state index contributed by atoms with van der Waals surface area (Å²) >= 11 is 6.19. The van der Waals surface area contributed by atoms with E-state index >= 15 is 0 Å². The summed E-state index contributed by atoms with van der Waals surface area (Å²) in [7, 11) is 0. The quantitative estimate of drug-likeness (QED) is 0.554. The minimum atomic E-state index is -1.15. The van der Waals surface area contributed by atoms with Gasteiger partial charge in [0.15, 0.2) is 5.78 Å². The van der Waals surface area contributed by atoms with E-state index in [2.05, 4.69) is 0 Å². The smallest absolute Gasteiger partial charge is 0.319 e. The van der Waals surface area contributed by atoms with Crippen LogP contribution in [0.3, 0.4) is 0 Å². The van der Waals surface area contributed by atoms with Crippen LogP contribution < -0.4 is 0 Å². The maximum atomic E-state index is 13.4. The third-order valence-corrected chi connectivity index (χ3v) is 5.58. The average molecular weight is 339 g/mol. The van der Waals surface area contributed by atoms with Gasteiger partial charge in [-0.2, -0.15) is 0 Å². The molecule has 2 fully saturated rings. The Morgan fingerprint density at radius 1 is 1.17 bits per heavy atom. The molecule has 0 unspecified atom stereocenters. The van der Waals surface area contributed by atoms with Gasteiger partial charge < -0.3 is 4.74 Å². The molecule has 1 aromatic carbocycles. The zero-order chi connectivity index (χ0) is 16.8. The molecule has 23 heavy (non-hydrogen) atoms. The minimum absolute atomic E-state index is 0.0775. The average Bonchev–Trinajstić information content (AvgIpc) is 2.51. The Labute approximate surface area is 140 Å². The molecule has 3 nitrogen and oxygen atoms in total. The largest absolute Gasteiger partial charge is 0.456 e. The molecular formula is C18H20ClFO3. The van der Waals surface area contributed by atoms with Gasteiger partial charge in [-0.1, -0.05) is 36.9 Å². The molecule has 3 rings (SSSR count). The summed E-state index contributed by atoms with van der Waals surface area (Å²) in [6.07, 6.45) is 3.49. The summed E-state index contributed by atoms with van der Waals surface area (Å²) < 4.78 is 19.1. The first-order valence-corrected chi connectivity index (χ1v) is 8.38. The molecule has 1 aliphatic carbocycles. The van der Waals surface area contributed by atoms with Gasteiger partial charge in [0, 0.05) is 5.56 Å². The normalized spacial score (nSPS) is 26.2. The van der Waals surface area contributed by atoms with Crippen LogP contribution in [0, 0.1) is 16.6 Å². The lowest BCUT2D eigenvalue weighted by atomic mass is 9.59. The fourth-order valence-electron chi connectivity index (χ4n) is 3.95. The topological polar surface area (TPSA) is 43.4 Å². The lowest BCUT2D eigenvalue weighted by molar-refractivity contribution is -0.192. The van der Waals surface area contributed by atoms with Crippen molar-refractivity contribution in [3.05, 3.63) is 34.6 Å². The molecule has 1 aliphatic heterocycles. The number of Topliss-reactive ketones (excluding diaryl/α,β-unsaturated/α-hetero) is 1. The molecule has 0 radical (unpaired) electrons. The SMILES string of the molecule is CC1(C)C(=O)O[C@H](c2ccc(F)cc2Cl)C2(CCCCC2)C1=O. The first kappa shape index (κ1) is 16.4. The Morgan fingerprint density at radius 2 is 1.83 bits per heavy atom. The van der Waals surface area contributed by atoms with Crippen molar-refractivity contribution in [1.29, 1.82) is 0 Å². The number of carbonyl (C=O) groups excluding carboxylic acids is 2. The Hall–Kier alpha value is -1.42. The summed E-state index contributed by atoms with van der Waals surface area (Å²) in [6, 6.07) is 4.01. The van der Waals surface area contributed by atoms with Gasteiger partial charge in [-0.25, -0.2) is 4.39 Å². The van der Waals surface area contributed by atoms with Crippen molar-refractivity contribution in [1.82, 2.24) is 0 Å². The fourth-order valence-corrected chi connectivity index (χ4v) is 4.21. The van der Waals surface area contributed by atoms with E-state index in [-0.39, 0.29) is 10.8 Å². The molecule has 0 bridgehead atoms. The predicted molar refractivity (Wildman–Crippen MR) is 84.5 cm³/mol. The van der Waals surface area contributed by atoms with Crippen LogP contribution in [0.5, 0.6) is 0 Å². The number of rotatable bonds is 1. The Kier molecular flexibility index (Phi) is 3.99. The van der Waals surface area contributed by atoms with E-state index in [0.717, 1.165) is 19.3 Å². The van der Waals surface area contributed by atoms with Crippen LogP contribution >= 0.6 is 11.6 Å². The second kappa shape index (κ2) is 5.59. The van der Waals surface area contributed by atoms with Crippen molar-refractivity contribution in [2.75, 3.05) is 0 Å². The molecule has 1 saturated carbocycles. The molecule has 0 amide bonds. The highest BCUT2D eigenvalue weighted by atomic mass is 35.5. The van der Waals surface area contributed by atoms with Gasteiger partial charge in [0.1, 0.15) is 17.3 Å². The zero-order valence-electron chi connectivity index (χ0n) is 13.3. The predicted octanol–water partition coefficient (Wildman–Crippen LogP) is 4.62. The van der Waals surface area contributed by atoms with Crippen molar-refractivity contribution >= 4 is 23.4 Å². The first-order valence-electron chi connectivity index (χ1n) is 8.00. The van der Waals surface area contributed by atoms with Crippen molar-refractivity contribution < 1.29 is 18.7 Å². The van der Waals surface area contributed by atoms with Gasteiger partial charge in [0.05, 0.1) is 10.4 Å². The third kappa shape index (κ3) is 2.47. The number of cyclic esters (lactones) is 1. The number of carbonyl (C=O) groups is 2. The number of benzene rings is 1. The molecule has 1 heterocycles. The van der Waals surface area contributed by atoms with Crippen molar-refractivity contribution in [3.63, 3.8) is 0 Å². The third-order valence-electron chi connectivity index (χ3n) is 5.25. The van der Waals surface area contributed by atoms with E-state index in [0.29, 0.717) is 18.4 Å². The van der Waals surface area contributed by atoms with Crippen molar-refractivity contribution in [2.24, 2.45) is 10.8 Å². The summed E-state index contributed by atoms with van der Waals surface area (Å²) in [5.74, 6) is -1.07. The zero-order valence-corrected chi connectivity index (χ0v) is 14.1. The molecule has 2 aliphatic rings. The molecule has 5 heteroatoms. The first-order chi connectivity index (χ1) is 10.8. The maximum Gasteiger partial charge on any atom is 0.319 e. The van der Waals surface area contributed by atoms with E-state index in [4.69, 9.17) is 16.3 Å². The Balaban J connectivity index is 2.12. The molecule has 1 saturated heterocycles. The van der Waals surface area contributed by atoms with Crippen molar-refractivity contribution in [2.45, 2.75) is 52.1 Å². The minimum Gasteiger partial charge on any atom is -0.456 e. The van der Waals surface area contributed by atoms with Crippen molar-refractivity contribution in [3.8, 4) is 0 Å². The molecule has 1 spiro atoms. The van der Waals surface area contributed by atoms with Crippen LogP contribution in [-0.4, -0.2) is 11.8 Å². The van der Waals surface area contributed by atoms with Crippen LogP contribution in [0.4, 0.5) is 4.39 Å². The van der Waals surface area contributed by atoms with Crippen LogP contribution in [0.2, 0.25) is 5.02 Å². The summed E-state index contributed by atoms with van der Waals surface area (Å²) in [6.45, 7) is 3.24. The van der Waals surface area contributed by atoms with E-state index in [1.165, 1.54) is 18.2 Å². The Morgan fingerprint density at radius 3 is 2.43 bits per heavy atom.